The van der Waals surface area contributed by atoms with E-state index in [9.17, 15) is 4.79 Å². The fourth-order valence-corrected chi connectivity index (χ4v) is 4.21. The normalized spacial score (nSPS) is 20.0. The summed E-state index contributed by atoms with van der Waals surface area (Å²) in [5, 5.41) is 7.12. The van der Waals surface area contributed by atoms with E-state index < -0.39 is 11.6 Å². The zero-order valence-corrected chi connectivity index (χ0v) is 17.5. The van der Waals surface area contributed by atoms with Crippen LogP contribution in [0.3, 0.4) is 0 Å². The lowest BCUT2D eigenvalue weighted by Gasteiger charge is -2.46. The van der Waals surface area contributed by atoms with Gasteiger partial charge in [0.2, 0.25) is 5.84 Å². The van der Waals surface area contributed by atoms with Gasteiger partial charge in [-0.25, -0.2) is 9.80 Å². The smallest absolute Gasteiger partial charge is 0.375 e. The maximum Gasteiger partial charge on any atom is 0.375 e. The SMILES string of the molecule is COC(=O)C1=NN(c2ccc(Cl)cc2)[C@@]2(C)c3cc(OC)c(OC)cc3CCN12. The van der Waals surface area contributed by atoms with Crippen LogP contribution < -0.4 is 14.5 Å². The molecule has 0 fully saturated rings. The second kappa shape index (κ2) is 7.15. The number of methoxy groups -OCH3 is 3. The second-order valence-electron chi connectivity index (χ2n) is 6.99. The number of ether oxygens (including phenoxy) is 3. The summed E-state index contributed by atoms with van der Waals surface area (Å²) < 4.78 is 16.0. The molecular weight excluding hydrogens is 394 g/mol. The first-order chi connectivity index (χ1) is 13.9. The summed E-state index contributed by atoms with van der Waals surface area (Å²) in [6, 6.07) is 11.3. The summed E-state index contributed by atoms with van der Waals surface area (Å²) in [7, 11) is 4.59. The molecule has 29 heavy (non-hydrogen) atoms. The van der Waals surface area contributed by atoms with Crippen molar-refractivity contribution in [3.8, 4) is 11.5 Å². The number of carbonyl (C=O) groups excluding carboxylic acids is 1. The molecule has 2 aliphatic heterocycles. The van der Waals surface area contributed by atoms with E-state index in [4.69, 9.17) is 25.8 Å². The summed E-state index contributed by atoms with van der Waals surface area (Å²) in [6.07, 6.45) is 0.732. The van der Waals surface area contributed by atoms with E-state index in [1.54, 1.807) is 26.4 Å². The quantitative estimate of drug-likeness (QED) is 0.713. The van der Waals surface area contributed by atoms with Gasteiger partial charge in [-0.3, -0.25) is 0 Å². The van der Waals surface area contributed by atoms with Gasteiger partial charge in [0.1, 0.15) is 0 Å². The highest BCUT2D eigenvalue weighted by Gasteiger charge is 2.52. The Hall–Kier alpha value is -2.93. The van der Waals surface area contributed by atoms with Crippen molar-refractivity contribution in [2.24, 2.45) is 5.10 Å². The summed E-state index contributed by atoms with van der Waals surface area (Å²) in [5.41, 5.74) is 2.16. The number of nitrogens with zero attached hydrogens (tertiary/aromatic N) is 3. The molecule has 0 radical (unpaired) electrons. The van der Waals surface area contributed by atoms with Crippen molar-refractivity contribution in [1.29, 1.82) is 0 Å². The number of benzene rings is 2. The van der Waals surface area contributed by atoms with E-state index in [1.807, 2.05) is 41.1 Å². The Balaban J connectivity index is 1.92. The van der Waals surface area contributed by atoms with E-state index in [1.165, 1.54) is 7.11 Å². The molecule has 0 aliphatic carbocycles. The first kappa shape index (κ1) is 19.4. The summed E-state index contributed by atoms with van der Waals surface area (Å²) in [4.78, 5) is 14.5. The molecule has 2 heterocycles. The minimum atomic E-state index is -0.746. The zero-order chi connectivity index (χ0) is 20.8. The van der Waals surface area contributed by atoms with Gasteiger partial charge >= 0.3 is 5.97 Å². The Kier molecular flexibility index (Phi) is 4.78. The molecule has 0 bridgehead atoms. The van der Waals surface area contributed by atoms with Gasteiger partial charge in [0.05, 0.1) is 27.0 Å². The lowest BCUT2D eigenvalue weighted by Crippen LogP contribution is -2.55. The molecule has 0 spiro atoms. The van der Waals surface area contributed by atoms with Gasteiger partial charge < -0.3 is 19.1 Å². The van der Waals surface area contributed by atoms with Crippen molar-refractivity contribution in [2.75, 3.05) is 32.9 Å². The molecule has 0 saturated carbocycles. The fraction of sp³-hybridized carbons (Fsp3) is 0.333. The Bertz CT molecular complexity index is 992. The van der Waals surface area contributed by atoms with E-state index in [-0.39, 0.29) is 5.84 Å². The standard InChI is InChI=1S/C21H22ClN3O4/c1-21-16-12-18(28-3)17(27-2)11-13(16)9-10-24(21)19(20(26)29-4)23-25(21)15-7-5-14(22)6-8-15/h5-8,11-12H,9-10H2,1-4H3/t21-/m0/s1. The van der Waals surface area contributed by atoms with Crippen LogP contribution in [0, 0.1) is 0 Å². The Morgan fingerprint density at radius 2 is 1.76 bits per heavy atom. The Morgan fingerprint density at radius 1 is 1.10 bits per heavy atom. The van der Waals surface area contributed by atoms with Crippen molar-refractivity contribution < 1.29 is 19.0 Å². The topological polar surface area (TPSA) is 63.6 Å². The minimum Gasteiger partial charge on any atom is -0.493 e. The molecule has 0 N–H and O–H groups in total. The van der Waals surface area contributed by atoms with Crippen molar-refractivity contribution in [1.82, 2.24) is 4.90 Å². The molecule has 4 rings (SSSR count). The third kappa shape index (κ3) is 2.88. The van der Waals surface area contributed by atoms with E-state index in [2.05, 4.69) is 5.10 Å². The molecule has 2 aromatic carbocycles. The third-order valence-corrected chi connectivity index (χ3v) is 5.80. The van der Waals surface area contributed by atoms with Crippen LogP contribution >= 0.6 is 11.6 Å². The summed E-state index contributed by atoms with van der Waals surface area (Å²) in [5.74, 6) is 1.09. The molecule has 0 saturated heterocycles. The maximum absolute atomic E-state index is 12.5. The first-order valence-corrected chi connectivity index (χ1v) is 9.57. The van der Waals surface area contributed by atoms with Gasteiger partial charge in [-0.2, -0.15) is 0 Å². The van der Waals surface area contributed by atoms with E-state index >= 15 is 0 Å². The number of amidine groups is 1. The average Bonchev–Trinajstić information content (AvgIpc) is 3.06. The van der Waals surface area contributed by atoms with Crippen LogP contribution in [0.2, 0.25) is 5.02 Å². The maximum atomic E-state index is 12.5. The number of halogens is 1. The van der Waals surface area contributed by atoms with Crippen molar-refractivity contribution >= 4 is 29.1 Å². The molecule has 0 amide bonds. The second-order valence-corrected chi connectivity index (χ2v) is 7.43. The van der Waals surface area contributed by atoms with Crippen LogP contribution in [-0.4, -0.2) is 44.6 Å². The van der Waals surface area contributed by atoms with E-state index in [0.717, 1.165) is 23.2 Å². The van der Waals surface area contributed by atoms with Gasteiger partial charge in [-0.05, 0) is 55.3 Å². The number of carbonyl (C=O) groups is 1. The predicted octanol–water partition coefficient (Wildman–Crippen LogP) is 3.39. The van der Waals surface area contributed by atoms with Crippen LogP contribution in [0.15, 0.2) is 41.5 Å². The highest BCUT2D eigenvalue weighted by atomic mass is 35.5. The molecule has 1 atom stereocenters. The van der Waals surface area contributed by atoms with E-state index in [0.29, 0.717) is 23.1 Å². The molecule has 2 aliphatic rings. The average molecular weight is 416 g/mol. The third-order valence-electron chi connectivity index (χ3n) is 5.55. The molecule has 0 unspecified atom stereocenters. The van der Waals surface area contributed by atoms with Crippen LogP contribution in [0.1, 0.15) is 18.1 Å². The Morgan fingerprint density at radius 3 is 2.38 bits per heavy atom. The number of anilines is 1. The Labute approximate surface area is 174 Å². The molecule has 2 aromatic rings. The number of fused-ring (bicyclic) bond motifs is 3. The zero-order valence-electron chi connectivity index (χ0n) is 16.7. The molecule has 0 aromatic heterocycles. The number of rotatable bonds is 4. The number of esters is 1. The fourth-order valence-electron chi connectivity index (χ4n) is 4.08. The highest BCUT2D eigenvalue weighted by Crippen LogP contribution is 2.47. The summed E-state index contributed by atoms with van der Waals surface area (Å²) in [6.45, 7) is 2.64. The largest absolute Gasteiger partial charge is 0.493 e. The molecule has 152 valence electrons. The number of hydrogen-bond acceptors (Lipinski definition) is 7. The first-order valence-electron chi connectivity index (χ1n) is 9.19. The van der Waals surface area contributed by atoms with Crippen molar-refractivity contribution in [2.45, 2.75) is 19.0 Å². The highest BCUT2D eigenvalue weighted by molar-refractivity contribution is 6.36. The lowest BCUT2D eigenvalue weighted by atomic mass is 9.87. The van der Waals surface area contributed by atoms with Gasteiger partial charge in [-0.15, -0.1) is 5.10 Å². The molecular formula is C21H22ClN3O4. The monoisotopic (exact) mass is 415 g/mol. The molecule has 7 nitrogen and oxygen atoms in total. The van der Waals surface area contributed by atoms with Crippen molar-refractivity contribution in [3.63, 3.8) is 0 Å². The van der Waals surface area contributed by atoms with Gasteiger partial charge in [0.15, 0.2) is 17.2 Å². The van der Waals surface area contributed by atoms with Gasteiger partial charge in [0.25, 0.3) is 0 Å². The van der Waals surface area contributed by atoms with Crippen LogP contribution in [0.4, 0.5) is 5.69 Å². The van der Waals surface area contributed by atoms with Crippen LogP contribution in [0.25, 0.3) is 0 Å². The summed E-state index contributed by atoms with van der Waals surface area (Å²) >= 11 is 6.08. The van der Waals surface area contributed by atoms with Gasteiger partial charge in [-0.1, -0.05) is 11.6 Å². The van der Waals surface area contributed by atoms with Crippen LogP contribution in [-0.2, 0) is 21.6 Å². The van der Waals surface area contributed by atoms with Gasteiger partial charge in [0, 0.05) is 17.1 Å². The minimum absolute atomic E-state index is 0.269. The lowest BCUT2D eigenvalue weighted by molar-refractivity contribution is -0.133. The van der Waals surface area contributed by atoms with Crippen LogP contribution in [0.5, 0.6) is 11.5 Å². The van der Waals surface area contributed by atoms with Crippen molar-refractivity contribution in [3.05, 3.63) is 52.5 Å². The predicted molar refractivity (Wildman–Crippen MR) is 111 cm³/mol. The molecule has 8 heteroatoms. The number of hydrogen-bond donors (Lipinski definition) is 0. The number of hydrazone groups is 1.